The number of cyclic esters (lactones) is 1. The summed E-state index contributed by atoms with van der Waals surface area (Å²) >= 11 is 0. The molecule has 29 heavy (non-hydrogen) atoms. The second kappa shape index (κ2) is 11.0. The first-order valence-electron chi connectivity index (χ1n) is 11.2. The van der Waals surface area contributed by atoms with Gasteiger partial charge in [0.25, 0.3) is 0 Å². The molecule has 0 saturated carbocycles. The van der Waals surface area contributed by atoms with Crippen molar-refractivity contribution in [2.75, 3.05) is 0 Å². The lowest BCUT2D eigenvalue weighted by Crippen LogP contribution is -2.34. The number of aliphatic hydroxyl groups is 1. The van der Waals surface area contributed by atoms with Crippen molar-refractivity contribution in [3.63, 3.8) is 0 Å². The van der Waals surface area contributed by atoms with Crippen LogP contribution in [0.15, 0.2) is 23.8 Å². The number of esters is 1. The molecule has 164 valence electrons. The van der Waals surface area contributed by atoms with Crippen LogP contribution in [0.4, 0.5) is 0 Å². The summed E-state index contributed by atoms with van der Waals surface area (Å²) in [5.41, 5.74) is 1.52. The zero-order valence-corrected chi connectivity index (χ0v) is 18.3. The second-order valence-corrected chi connectivity index (χ2v) is 9.14. The maximum Gasteiger partial charge on any atom is 0.308 e. The molecule has 1 fully saturated rings. The molecule has 0 spiro atoms. The highest BCUT2D eigenvalue weighted by molar-refractivity contribution is 5.71. The number of fused-ring (bicyclic) bond motifs is 1. The van der Waals surface area contributed by atoms with Crippen molar-refractivity contribution < 1.29 is 24.5 Å². The molecule has 5 heteroatoms. The maximum absolute atomic E-state index is 11.5. The number of allylic oxidation sites excluding steroid dienone is 4. The van der Waals surface area contributed by atoms with Gasteiger partial charge in [-0.3, -0.25) is 9.59 Å². The summed E-state index contributed by atoms with van der Waals surface area (Å²) in [6.45, 7) is 8.16. The van der Waals surface area contributed by atoms with Gasteiger partial charge in [0.2, 0.25) is 0 Å². The minimum atomic E-state index is -0.706. The van der Waals surface area contributed by atoms with E-state index in [0.717, 1.165) is 19.3 Å². The van der Waals surface area contributed by atoms with Crippen LogP contribution in [0.2, 0.25) is 0 Å². The van der Waals surface area contributed by atoms with E-state index in [1.807, 2.05) is 6.92 Å². The molecular formula is C24H38O5. The van der Waals surface area contributed by atoms with Gasteiger partial charge in [-0.1, -0.05) is 45.9 Å². The number of carbonyl (C=O) groups excluding carboxylic acids is 1. The number of carboxylic acid groups (broad SMARTS) is 1. The molecule has 1 heterocycles. The molecule has 2 aliphatic carbocycles. The number of aliphatic hydroxyl groups excluding tert-OH is 1. The van der Waals surface area contributed by atoms with Gasteiger partial charge in [-0.15, -0.1) is 0 Å². The Morgan fingerprint density at radius 3 is 2.59 bits per heavy atom. The lowest BCUT2D eigenvalue weighted by Gasteiger charge is -2.39. The summed E-state index contributed by atoms with van der Waals surface area (Å²) in [7, 11) is 0. The molecule has 7 atom stereocenters. The highest BCUT2D eigenvalue weighted by atomic mass is 16.5. The molecule has 0 aromatic rings. The van der Waals surface area contributed by atoms with E-state index < -0.39 is 12.1 Å². The number of ether oxygens (including phenoxy) is 1. The van der Waals surface area contributed by atoms with Crippen LogP contribution in [0.5, 0.6) is 0 Å². The summed E-state index contributed by atoms with van der Waals surface area (Å²) in [5, 5.41) is 17.9. The van der Waals surface area contributed by atoms with Crippen LogP contribution in [-0.4, -0.2) is 34.4 Å². The molecule has 0 aromatic heterocycles. The predicted octanol–water partition coefficient (Wildman–Crippen LogP) is 4.74. The SMILES string of the molecule is CC[C@H](C)C(=O)O.C[C@H]1C=C2C=C[C@H](C)[C@H](CC[C@@H]3C[C@@H](O)CC(=O)O3)[C@H]2CC1. The highest BCUT2D eigenvalue weighted by Crippen LogP contribution is 2.43. The molecule has 2 N–H and O–H groups in total. The van der Waals surface area contributed by atoms with Gasteiger partial charge in [0.05, 0.1) is 18.4 Å². The van der Waals surface area contributed by atoms with E-state index in [2.05, 4.69) is 32.1 Å². The Balaban J connectivity index is 0.000000370. The topological polar surface area (TPSA) is 83.8 Å². The summed E-state index contributed by atoms with van der Waals surface area (Å²) < 4.78 is 5.40. The van der Waals surface area contributed by atoms with Gasteiger partial charge in [-0.25, -0.2) is 0 Å². The predicted molar refractivity (Wildman–Crippen MR) is 113 cm³/mol. The Bertz CT molecular complexity index is 623. The van der Waals surface area contributed by atoms with Gasteiger partial charge in [-0.05, 0) is 61.3 Å². The maximum atomic E-state index is 11.5. The van der Waals surface area contributed by atoms with Gasteiger partial charge >= 0.3 is 11.9 Å². The molecule has 0 unspecified atom stereocenters. The van der Waals surface area contributed by atoms with Crippen LogP contribution in [0, 0.1) is 29.6 Å². The number of carboxylic acids is 1. The molecule has 3 aliphatic rings. The van der Waals surface area contributed by atoms with Crippen molar-refractivity contribution in [1.82, 2.24) is 0 Å². The van der Waals surface area contributed by atoms with Crippen molar-refractivity contribution in [2.45, 2.75) is 84.8 Å². The van der Waals surface area contributed by atoms with Gasteiger partial charge in [0.15, 0.2) is 0 Å². The number of rotatable bonds is 5. The molecule has 3 rings (SSSR count). The Morgan fingerprint density at radius 2 is 2.00 bits per heavy atom. The summed E-state index contributed by atoms with van der Waals surface area (Å²) in [6, 6.07) is 0. The number of carbonyl (C=O) groups is 2. The minimum absolute atomic E-state index is 0.0932. The van der Waals surface area contributed by atoms with Crippen LogP contribution in [0.25, 0.3) is 0 Å². The molecule has 0 radical (unpaired) electrons. The van der Waals surface area contributed by atoms with E-state index in [9.17, 15) is 14.7 Å². The van der Waals surface area contributed by atoms with E-state index in [4.69, 9.17) is 9.84 Å². The van der Waals surface area contributed by atoms with Crippen molar-refractivity contribution >= 4 is 11.9 Å². The normalized spacial score (nSPS) is 34.8. The average molecular weight is 407 g/mol. The van der Waals surface area contributed by atoms with Crippen molar-refractivity contribution in [3.8, 4) is 0 Å². The molecule has 5 nitrogen and oxygen atoms in total. The van der Waals surface area contributed by atoms with Gasteiger partial charge in [-0.2, -0.15) is 0 Å². The molecule has 1 saturated heterocycles. The molecule has 0 amide bonds. The molecule has 1 aliphatic heterocycles. The molecule has 0 bridgehead atoms. The van der Waals surface area contributed by atoms with Crippen molar-refractivity contribution in [1.29, 1.82) is 0 Å². The zero-order chi connectivity index (χ0) is 21.6. The fourth-order valence-corrected chi connectivity index (χ4v) is 4.61. The Morgan fingerprint density at radius 1 is 1.28 bits per heavy atom. The van der Waals surface area contributed by atoms with Crippen LogP contribution in [-0.2, 0) is 14.3 Å². The number of hydrogen-bond acceptors (Lipinski definition) is 4. The van der Waals surface area contributed by atoms with E-state index in [0.29, 0.717) is 30.1 Å². The number of aliphatic carboxylic acids is 1. The van der Waals surface area contributed by atoms with Crippen molar-refractivity contribution in [2.24, 2.45) is 29.6 Å². The summed E-state index contributed by atoms with van der Waals surface area (Å²) in [5.74, 6) is 1.45. The van der Waals surface area contributed by atoms with Crippen LogP contribution >= 0.6 is 0 Å². The third-order valence-corrected chi connectivity index (χ3v) is 6.71. The van der Waals surface area contributed by atoms with E-state index >= 15 is 0 Å². The molecule has 0 aromatic carbocycles. The second-order valence-electron chi connectivity index (χ2n) is 9.14. The largest absolute Gasteiger partial charge is 0.481 e. The quantitative estimate of drug-likeness (QED) is 0.644. The lowest BCUT2D eigenvalue weighted by atomic mass is 9.66. The first kappa shape index (κ1) is 23.7. The summed E-state index contributed by atoms with van der Waals surface area (Å²) in [6.07, 6.45) is 12.5. The summed E-state index contributed by atoms with van der Waals surface area (Å²) in [4.78, 5) is 21.4. The van der Waals surface area contributed by atoms with Crippen molar-refractivity contribution in [3.05, 3.63) is 23.8 Å². The monoisotopic (exact) mass is 406 g/mol. The van der Waals surface area contributed by atoms with Gasteiger partial charge in [0.1, 0.15) is 6.10 Å². The van der Waals surface area contributed by atoms with Crippen LogP contribution in [0.1, 0.15) is 72.6 Å². The van der Waals surface area contributed by atoms with Crippen LogP contribution in [0.3, 0.4) is 0 Å². The molecular weight excluding hydrogens is 368 g/mol. The lowest BCUT2D eigenvalue weighted by molar-refractivity contribution is -0.160. The zero-order valence-electron chi connectivity index (χ0n) is 18.3. The highest BCUT2D eigenvalue weighted by Gasteiger charge is 2.34. The van der Waals surface area contributed by atoms with Gasteiger partial charge < -0.3 is 14.9 Å². The third kappa shape index (κ3) is 6.98. The first-order chi connectivity index (χ1) is 13.7. The standard InChI is InChI=1S/C19H28O3.C5H10O2/c1-12-3-7-18-14(9-12)5-4-13(2)17(18)8-6-16-10-15(20)11-19(21)22-16;1-3-4(2)5(6)7/h4-5,9,12-13,15-18,20H,3,6-8,10-11H2,1-2H3;4H,3H2,1-2H3,(H,6,7)/t12-,13+,15-,16-,17+,18+;4-/m10/s1. The third-order valence-electron chi connectivity index (χ3n) is 6.71. The first-order valence-corrected chi connectivity index (χ1v) is 11.2. The van der Waals surface area contributed by atoms with Gasteiger partial charge in [0, 0.05) is 6.42 Å². The van der Waals surface area contributed by atoms with E-state index in [1.54, 1.807) is 6.92 Å². The smallest absolute Gasteiger partial charge is 0.308 e. The Kier molecular flexibility index (Phi) is 8.94. The minimum Gasteiger partial charge on any atom is -0.481 e. The van der Waals surface area contributed by atoms with Crippen LogP contribution < -0.4 is 0 Å². The fourth-order valence-electron chi connectivity index (χ4n) is 4.61. The fraction of sp³-hybridized carbons (Fsp3) is 0.750. The number of hydrogen-bond donors (Lipinski definition) is 2. The van der Waals surface area contributed by atoms with E-state index in [1.165, 1.54) is 18.4 Å². The Hall–Kier alpha value is -1.62. The Labute approximate surface area is 175 Å². The average Bonchev–Trinajstić information content (AvgIpc) is 2.66. The van der Waals surface area contributed by atoms with E-state index in [-0.39, 0.29) is 24.4 Å².